The maximum Gasteiger partial charge on any atom is 0.237 e. The largest absolute Gasteiger partial charge is 0.353 e. The highest BCUT2D eigenvalue weighted by molar-refractivity contribution is 5.88. The molecule has 24 heavy (non-hydrogen) atoms. The Morgan fingerprint density at radius 2 is 1.96 bits per heavy atom. The van der Waals surface area contributed by atoms with E-state index in [1.807, 2.05) is 12.1 Å². The summed E-state index contributed by atoms with van der Waals surface area (Å²) in [6, 6.07) is 14.2. The standard InChI is InChI=1S/C19H23N3O2/c1-21(2)18(23)12-17-19(24)20-9-10-22(17)13-14-7-8-15-5-3-4-6-16(15)11-14/h3-8,11,17H,9-10,12-13H2,1-2H3,(H,20,24)/t17-/m1/s1. The molecule has 2 aromatic carbocycles. The van der Waals surface area contributed by atoms with Crippen molar-refractivity contribution in [1.29, 1.82) is 0 Å². The molecule has 0 aromatic heterocycles. The first kappa shape index (κ1) is 16.5. The summed E-state index contributed by atoms with van der Waals surface area (Å²) in [5.74, 6) is -0.0854. The number of carbonyl (C=O) groups excluding carboxylic acids is 2. The first-order valence-corrected chi connectivity index (χ1v) is 8.24. The molecule has 1 N–H and O–H groups in total. The molecule has 1 aliphatic heterocycles. The average Bonchev–Trinajstić information content (AvgIpc) is 2.57. The highest BCUT2D eigenvalue weighted by Gasteiger charge is 2.31. The number of benzene rings is 2. The van der Waals surface area contributed by atoms with E-state index in [0.717, 1.165) is 12.1 Å². The number of hydrogen-bond donors (Lipinski definition) is 1. The van der Waals surface area contributed by atoms with Gasteiger partial charge in [-0.15, -0.1) is 0 Å². The minimum Gasteiger partial charge on any atom is -0.353 e. The van der Waals surface area contributed by atoms with Crippen molar-refractivity contribution in [2.45, 2.75) is 19.0 Å². The molecule has 0 saturated carbocycles. The zero-order chi connectivity index (χ0) is 17.1. The maximum atomic E-state index is 12.2. The van der Waals surface area contributed by atoms with Crippen LogP contribution >= 0.6 is 0 Å². The van der Waals surface area contributed by atoms with Gasteiger partial charge in [-0.2, -0.15) is 0 Å². The van der Waals surface area contributed by atoms with Crippen molar-refractivity contribution in [3.63, 3.8) is 0 Å². The smallest absolute Gasteiger partial charge is 0.237 e. The third-order valence-corrected chi connectivity index (χ3v) is 4.51. The minimum absolute atomic E-state index is 0.0273. The molecule has 1 atom stereocenters. The molecular formula is C19H23N3O2. The van der Waals surface area contributed by atoms with Gasteiger partial charge in [-0.25, -0.2) is 0 Å². The Morgan fingerprint density at radius 1 is 1.21 bits per heavy atom. The Balaban J connectivity index is 1.79. The van der Waals surface area contributed by atoms with Gasteiger partial charge in [0.2, 0.25) is 11.8 Å². The van der Waals surface area contributed by atoms with Gasteiger partial charge in [0, 0.05) is 33.7 Å². The molecule has 1 saturated heterocycles. The van der Waals surface area contributed by atoms with Crippen molar-refractivity contribution in [2.24, 2.45) is 0 Å². The van der Waals surface area contributed by atoms with Gasteiger partial charge in [-0.3, -0.25) is 14.5 Å². The summed E-state index contributed by atoms with van der Waals surface area (Å²) in [7, 11) is 3.44. The molecule has 1 fully saturated rings. The molecule has 0 unspecified atom stereocenters. The number of hydrogen-bond acceptors (Lipinski definition) is 3. The summed E-state index contributed by atoms with van der Waals surface area (Å²) in [6.07, 6.45) is 0.215. The zero-order valence-electron chi connectivity index (χ0n) is 14.2. The third-order valence-electron chi connectivity index (χ3n) is 4.51. The summed E-state index contributed by atoms with van der Waals surface area (Å²) < 4.78 is 0. The van der Waals surface area contributed by atoms with Gasteiger partial charge in [0.05, 0.1) is 12.5 Å². The summed E-state index contributed by atoms with van der Waals surface area (Å²) in [6.45, 7) is 2.05. The van der Waals surface area contributed by atoms with Crippen LogP contribution in [-0.4, -0.2) is 54.8 Å². The Hall–Kier alpha value is -2.40. The van der Waals surface area contributed by atoms with Gasteiger partial charge < -0.3 is 10.2 Å². The molecule has 5 heteroatoms. The SMILES string of the molecule is CN(C)C(=O)C[C@@H]1C(=O)NCCN1Cc1ccc2ccccc2c1. The normalized spacial score (nSPS) is 18.4. The Kier molecular flexibility index (Phi) is 4.81. The lowest BCUT2D eigenvalue weighted by molar-refractivity contribution is -0.137. The van der Waals surface area contributed by atoms with Crippen LogP contribution < -0.4 is 5.32 Å². The van der Waals surface area contributed by atoms with E-state index in [-0.39, 0.29) is 18.2 Å². The fraction of sp³-hybridized carbons (Fsp3) is 0.368. The van der Waals surface area contributed by atoms with Crippen LogP contribution in [0.4, 0.5) is 0 Å². The lowest BCUT2D eigenvalue weighted by Gasteiger charge is -2.35. The quantitative estimate of drug-likeness (QED) is 0.929. The van der Waals surface area contributed by atoms with Gasteiger partial charge in [0.25, 0.3) is 0 Å². The molecule has 0 bridgehead atoms. The number of fused-ring (bicyclic) bond motifs is 1. The van der Waals surface area contributed by atoms with Crippen molar-refractivity contribution < 1.29 is 9.59 Å². The molecule has 3 rings (SSSR count). The fourth-order valence-corrected chi connectivity index (χ4v) is 3.09. The molecule has 5 nitrogen and oxygen atoms in total. The van der Waals surface area contributed by atoms with Gasteiger partial charge >= 0.3 is 0 Å². The summed E-state index contributed by atoms with van der Waals surface area (Å²) >= 11 is 0. The van der Waals surface area contributed by atoms with Gasteiger partial charge in [0.15, 0.2) is 0 Å². The summed E-state index contributed by atoms with van der Waals surface area (Å²) in [4.78, 5) is 27.9. The van der Waals surface area contributed by atoms with E-state index in [1.54, 1.807) is 14.1 Å². The minimum atomic E-state index is -0.403. The third kappa shape index (κ3) is 3.57. The fourth-order valence-electron chi connectivity index (χ4n) is 3.09. The van der Waals surface area contributed by atoms with E-state index in [0.29, 0.717) is 13.1 Å². The van der Waals surface area contributed by atoms with Gasteiger partial charge in [-0.05, 0) is 22.4 Å². The summed E-state index contributed by atoms with van der Waals surface area (Å²) in [5.41, 5.74) is 1.16. The van der Waals surface area contributed by atoms with Crippen molar-refractivity contribution in [3.8, 4) is 0 Å². The van der Waals surface area contributed by atoms with Crippen molar-refractivity contribution in [1.82, 2.24) is 15.1 Å². The molecule has 1 aliphatic rings. The van der Waals surface area contributed by atoms with Crippen LogP contribution in [-0.2, 0) is 16.1 Å². The Morgan fingerprint density at radius 3 is 2.71 bits per heavy atom. The average molecular weight is 325 g/mol. The predicted molar refractivity (Wildman–Crippen MR) is 94.5 cm³/mol. The molecule has 1 heterocycles. The lowest BCUT2D eigenvalue weighted by atomic mass is 10.0. The zero-order valence-corrected chi connectivity index (χ0v) is 14.2. The van der Waals surface area contributed by atoms with E-state index in [1.165, 1.54) is 15.7 Å². The number of amides is 2. The van der Waals surface area contributed by atoms with E-state index in [4.69, 9.17) is 0 Å². The van der Waals surface area contributed by atoms with Crippen LogP contribution in [0.3, 0.4) is 0 Å². The molecule has 126 valence electrons. The molecule has 0 radical (unpaired) electrons. The van der Waals surface area contributed by atoms with Crippen LogP contribution in [0, 0.1) is 0 Å². The second kappa shape index (κ2) is 7.01. The van der Waals surface area contributed by atoms with Crippen LogP contribution in [0.5, 0.6) is 0 Å². The number of nitrogens with one attached hydrogen (secondary N) is 1. The Labute approximate surface area is 142 Å². The first-order chi connectivity index (χ1) is 11.5. The predicted octanol–water partition coefficient (Wildman–Crippen LogP) is 1.62. The highest BCUT2D eigenvalue weighted by Crippen LogP contribution is 2.19. The molecule has 0 aliphatic carbocycles. The van der Waals surface area contributed by atoms with Crippen LogP contribution in [0.1, 0.15) is 12.0 Å². The van der Waals surface area contributed by atoms with Crippen LogP contribution in [0.25, 0.3) is 10.8 Å². The van der Waals surface area contributed by atoms with E-state index in [9.17, 15) is 9.59 Å². The maximum absolute atomic E-state index is 12.2. The molecular weight excluding hydrogens is 302 g/mol. The van der Waals surface area contributed by atoms with Crippen LogP contribution in [0.2, 0.25) is 0 Å². The van der Waals surface area contributed by atoms with Gasteiger partial charge in [0.1, 0.15) is 0 Å². The van der Waals surface area contributed by atoms with Crippen molar-refractivity contribution >= 4 is 22.6 Å². The number of nitrogens with zero attached hydrogens (tertiary/aromatic N) is 2. The monoisotopic (exact) mass is 325 g/mol. The topological polar surface area (TPSA) is 52.7 Å². The Bertz CT molecular complexity index is 757. The van der Waals surface area contributed by atoms with Crippen LogP contribution in [0.15, 0.2) is 42.5 Å². The van der Waals surface area contributed by atoms with E-state index >= 15 is 0 Å². The van der Waals surface area contributed by atoms with Crippen molar-refractivity contribution in [3.05, 3.63) is 48.0 Å². The highest BCUT2D eigenvalue weighted by atomic mass is 16.2. The second-order valence-electron chi connectivity index (χ2n) is 6.45. The number of piperazine rings is 1. The lowest BCUT2D eigenvalue weighted by Crippen LogP contribution is -2.56. The molecule has 0 spiro atoms. The van der Waals surface area contributed by atoms with Crippen molar-refractivity contribution in [2.75, 3.05) is 27.2 Å². The van der Waals surface area contributed by atoms with E-state index < -0.39 is 6.04 Å². The molecule has 2 amide bonds. The second-order valence-corrected chi connectivity index (χ2v) is 6.45. The first-order valence-electron chi connectivity index (χ1n) is 8.24. The van der Waals surface area contributed by atoms with E-state index in [2.05, 4.69) is 40.5 Å². The number of carbonyl (C=O) groups is 2. The van der Waals surface area contributed by atoms with Gasteiger partial charge in [-0.1, -0.05) is 36.4 Å². The molecule has 2 aromatic rings. The number of rotatable bonds is 4. The summed E-state index contributed by atoms with van der Waals surface area (Å²) in [5, 5.41) is 5.27.